The number of amides is 1. The zero-order valence-corrected chi connectivity index (χ0v) is 13.0. The number of halogens is 1. The standard InChI is InChI=1S/C17H22FNO2/c1-17(2,3)12-19(4)16(21)14-11-13(7-5-6-10-20)8-9-15(14)18/h8-9,11,20H,6,10,12H2,1-4H3. The van der Waals surface area contributed by atoms with Crippen molar-refractivity contribution in [1.29, 1.82) is 0 Å². The van der Waals surface area contributed by atoms with Gasteiger partial charge in [-0.25, -0.2) is 4.39 Å². The van der Waals surface area contributed by atoms with Crippen LogP contribution in [-0.4, -0.2) is 36.1 Å². The summed E-state index contributed by atoms with van der Waals surface area (Å²) < 4.78 is 13.9. The Kier molecular flexibility index (Phi) is 5.92. The van der Waals surface area contributed by atoms with Crippen LogP contribution in [0, 0.1) is 23.1 Å². The van der Waals surface area contributed by atoms with Gasteiger partial charge in [0, 0.05) is 25.6 Å². The first kappa shape index (κ1) is 17.2. The summed E-state index contributed by atoms with van der Waals surface area (Å²) in [5.41, 5.74) is 0.536. The van der Waals surface area contributed by atoms with E-state index in [2.05, 4.69) is 11.8 Å². The monoisotopic (exact) mass is 291 g/mol. The molecule has 0 heterocycles. The third kappa shape index (κ3) is 5.57. The number of aliphatic hydroxyl groups is 1. The van der Waals surface area contributed by atoms with Crippen LogP contribution < -0.4 is 0 Å². The fourth-order valence-corrected chi connectivity index (χ4v) is 1.98. The van der Waals surface area contributed by atoms with Gasteiger partial charge in [0.2, 0.25) is 0 Å². The molecule has 0 fully saturated rings. The number of carbonyl (C=O) groups excluding carboxylic acids is 1. The van der Waals surface area contributed by atoms with Gasteiger partial charge < -0.3 is 10.0 Å². The molecule has 1 aromatic rings. The molecule has 0 spiro atoms. The SMILES string of the molecule is CN(CC(C)(C)C)C(=O)c1cc(C#CCCO)ccc1F. The van der Waals surface area contributed by atoms with Crippen LogP contribution >= 0.6 is 0 Å². The molecule has 0 saturated heterocycles. The second-order valence-electron chi connectivity index (χ2n) is 6.19. The molecule has 0 saturated carbocycles. The number of rotatable bonds is 3. The summed E-state index contributed by atoms with van der Waals surface area (Å²) in [5.74, 6) is 4.66. The zero-order valence-electron chi connectivity index (χ0n) is 13.0. The van der Waals surface area contributed by atoms with Gasteiger partial charge in [0.25, 0.3) is 5.91 Å². The lowest BCUT2D eigenvalue weighted by Gasteiger charge is -2.26. The molecule has 0 atom stereocenters. The smallest absolute Gasteiger partial charge is 0.256 e. The highest BCUT2D eigenvalue weighted by atomic mass is 19.1. The molecule has 0 aromatic heterocycles. The number of hydrogen-bond acceptors (Lipinski definition) is 2. The van der Waals surface area contributed by atoms with Gasteiger partial charge in [0.15, 0.2) is 0 Å². The summed E-state index contributed by atoms with van der Waals surface area (Å²) in [5, 5.41) is 8.69. The molecule has 3 nitrogen and oxygen atoms in total. The number of aliphatic hydroxyl groups excluding tert-OH is 1. The molecule has 1 aromatic carbocycles. The second-order valence-corrected chi connectivity index (χ2v) is 6.19. The van der Waals surface area contributed by atoms with E-state index in [0.29, 0.717) is 18.5 Å². The molecule has 0 unspecified atom stereocenters. The predicted octanol–water partition coefficient (Wildman–Crippen LogP) is 2.68. The molecular weight excluding hydrogens is 269 g/mol. The van der Waals surface area contributed by atoms with E-state index in [4.69, 9.17) is 5.11 Å². The van der Waals surface area contributed by atoms with E-state index in [1.165, 1.54) is 23.1 Å². The lowest BCUT2D eigenvalue weighted by atomic mass is 9.96. The van der Waals surface area contributed by atoms with Crippen LogP contribution in [0.25, 0.3) is 0 Å². The predicted molar refractivity (Wildman–Crippen MR) is 81.4 cm³/mol. The third-order valence-electron chi connectivity index (χ3n) is 2.72. The Morgan fingerprint density at radius 3 is 2.62 bits per heavy atom. The van der Waals surface area contributed by atoms with E-state index in [1.807, 2.05) is 20.8 Å². The summed E-state index contributed by atoms with van der Waals surface area (Å²) in [7, 11) is 1.66. The molecule has 0 aliphatic rings. The molecule has 1 amide bonds. The van der Waals surface area contributed by atoms with E-state index in [9.17, 15) is 9.18 Å². The van der Waals surface area contributed by atoms with Gasteiger partial charge in [0.05, 0.1) is 12.2 Å². The van der Waals surface area contributed by atoms with Crippen LogP contribution in [0.3, 0.4) is 0 Å². The van der Waals surface area contributed by atoms with Gasteiger partial charge in [0.1, 0.15) is 5.82 Å². The molecule has 114 valence electrons. The lowest BCUT2D eigenvalue weighted by Crippen LogP contribution is -2.35. The molecule has 0 bridgehead atoms. The number of carbonyl (C=O) groups is 1. The van der Waals surface area contributed by atoms with Crippen molar-refractivity contribution < 1.29 is 14.3 Å². The minimum atomic E-state index is -0.548. The summed E-state index contributed by atoms with van der Waals surface area (Å²) in [6.07, 6.45) is 0.352. The van der Waals surface area contributed by atoms with Crippen LogP contribution in [0.2, 0.25) is 0 Å². The minimum absolute atomic E-state index is 0.0195. The van der Waals surface area contributed by atoms with E-state index < -0.39 is 5.82 Å². The minimum Gasteiger partial charge on any atom is -0.395 e. The third-order valence-corrected chi connectivity index (χ3v) is 2.72. The van der Waals surface area contributed by atoms with Crippen molar-refractivity contribution in [2.24, 2.45) is 5.41 Å². The second kappa shape index (κ2) is 7.24. The molecule has 4 heteroatoms. The Balaban J connectivity index is 2.99. The quantitative estimate of drug-likeness (QED) is 0.870. The van der Waals surface area contributed by atoms with Crippen molar-refractivity contribution in [3.63, 3.8) is 0 Å². The van der Waals surface area contributed by atoms with Gasteiger partial charge in [-0.1, -0.05) is 32.6 Å². The Labute approximate surface area is 125 Å². The molecule has 0 aliphatic carbocycles. The van der Waals surface area contributed by atoms with E-state index in [0.717, 1.165) is 0 Å². The van der Waals surface area contributed by atoms with Crippen LogP contribution in [0.1, 0.15) is 43.1 Å². The normalized spacial score (nSPS) is 10.8. The average molecular weight is 291 g/mol. The fourth-order valence-electron chi connectivity index (χ4n) is 1.98. The van der Waals surface area contributed by atoms with Crippen LogP contribution in [0.4, 0.5) is 4.39 Å². The maximum Gasteiger partial charge on any atom is 0.256 e. The van der Waals surface area contributed by atoms with Crippen LogP contribution in [0.5, 0.6) is 0 Å². The average Bonchev–Trinajstić information content (AvgIpc) is 2.38. The summed E-state index contributed by atoms with van der Waals surface area (Å²) in [6, 6.07) is 4.24. The summed E-state index contributed by atoms with van der Waals surface area (Å²) >= 11 is 0. The topological polar surface area (TPSA) is 40.5 Å². The number of hydrogen-bond donors (Lipinski definition) is 1. The van der Waals surface area contributed by atoms with Gasteiger partial charge in [-0.3, -0.25) is 4.79 Å². The zero-order chi connectivity index (χ0) is 16.0. The van der Waals surface area contributed by atoms with Crippen molar-refractivity contribution in [3.8, 4) is 11.8 Å². The first-order valence-corrected chi connectivity index (χ1v) is 6.89. The maximum atomic E-state index is 13.9. The maximum absolute atomic E-state index is 13.9. The van der Waals surface area contributed by atoms with E-state index in [1.54, 1.807) is 7.05 Å². The number of nitrogens with zero attached hydrogens (tertiary/aromatic N) is 1. The summed E-state index contributed by atoms with van der Waals surface area (Å²) in [4.78, 5) is 13.8. The van der Waals surface area contributed by atoms with E-state index >= 15 is 0 Å². The van der Waals surface area contributed by atoms with Gasteiger partial charge >= 0.3 is 0 Å². The molecule has 0 aliphatic heterocycles. The van der Waals surface area contributed by atoms with Crippen molar-refractivity contribution >= 4 is 5.91 Å². The van der Waals surface area contributed by atoms with E-state index in [-0.39, 0.29) is 23.5 Å². The largest absolute Gasteiger partial charge is 0.395 e. The fraction of sp³-hybridized carbons (Fsp3) is 0.471. The molecule has 1 N–H and O–H groups in total. The molecule has 21 heavy (non-hydrogen) atoms. The lowest BCUT2D eigenvalue weighted by molar-refractivity contribution is 0.0741. The molecular formula is C17H22FNO2. The van der Waals surface area contributed by atoms with Crippen LogP contribution in [-0.2, 0) is 0 Å². The molecule has 1 rings (SSSR count). The first-order chi connectivity index (χ1) is 9.74. The Bertz CT molecular complexity index is 564. The van der Waals surface area contributed by atoms with Crippen molar-refractivity contribution in [3.05, 3.63) is 35.1 Å². The Morgan fingerprint density at radius 1 is 1.38 bits per heavy atom. The molecule has 0 radical (unpaired) electrons. The highest BCUT2D eigenvalue weighted by molar-refractivity contribution is 5.94. The summed E-state index contributed by atoms with van der Waals surface area (Å²) in [6.45, 7) is 6.57. The van der Waals surface area contributed by atoms with Gasteiger partial charge in [-0.2, -0.15) is 0 Å². The Morgan fingerprint density at radius 2 is 2.05 bits per heavy atom. The van der Waals surface area contributed by atoms with Gasteiger partial charge in [-0.15, -0.1) is 0 Å². The van der Waals surface area contributed by atoms with Crippen molar-refractivity contribution in [2.45, 2.75) is 27.2 Å². The van der Waals surface area contributed by atoms with Crippen molar-refractivity contribution in [2.75, 3.05) is 20.2 Å². The highest BCUT2D eigenvalue weighted by Gasteiger charge is 2.21. The Hall–Kier alpha value is -1.86. The number of benzene rings is 1. The van der Waals surface area contributed by atoms with Crippen LogP contribution in [0.15, 0.2) is 18.2 Å². The first-order valence-electron chi connectivity index (χ1n) is 6.89. The van der Waals surface area contributed by atoms with Gasteiger partial charge in [-0.05, 0) is 23.6 Å². The highest BCUT2D eigenvalue weighted by Crippen LogP contribution is 2.18. The van der Waals surface area contributed by atoms with Crippen molar-refractivity contribution in [1.82, 2.24) is 4.90 Å².